The van der Waals surface area contributed by atoms with Gasteiger partial charge in [-0.3, -0.25) is 14.5 Å². The second kappa shape index (κ2) is 12.0. The maximum Gasteiger partial charge on any atom is 0.257 e. The third-order valence-corrected chi connectivity index (χ3v) is 4.33. The van der Waals surface area contributed by atoms with E-state index in [4.69, 9.17) is 11.6 Å². The molecule has 0 atom stereocenters. The van der Waals surface area contributed by atoms with Crippen molar-refractivity contribution in [3.63, 3.8) is 0 Å². The standard InChI is InChI=1S/C19H21ClN4O2.2ClH.H2O/c1-23(2)10-9-21-12-18(25)24-16-6-4-3-5-14(16)19(26)22-15-11-13(20)7-8-17(15)24;;;/h3-8,11,21H,9-10,12H2,1-2H3,(H,22,26);2*1H;1H2. The highest BCUT2D eigenvalue weighted by molar-refractivity contribution is 6.31. The summed E-state index contributed by atoms with van der Waals surface area (Å²) in [5.41, 5.74) is 2.12. The summed E-state index contributed by atoms with van der Waals surface area (Å²) in [4.78, 5) is 29.2. The van der Waals surface area contributed by atoms with Crippen molar-refractivity contribution in [1.29, 1.82) is 0 Å². The molecule has 2 aromatic carbocycles. The predicted molar refractivity (Wildman–Crippen MR) is 123 cm³/mol. The lowest BCUT2D eigenvalue weighted by Crippen LogP contribution is -2.37. The summed E-state index contributed by atoms with van der Waals surface area (Å²) in [6.07, 6.45) is 0. The number of carbonyl (C=O) groups is 2. The molecule has 7 nitrogen and oxygen atoms in total. The molecule has 1 aliphatic rings. The molecule has 0 aliphatic carbocycles. The number of anilines is 3. The Labute approximate surface area is 187 Å². The first-order valence-corrected chi connectivity index (χ1v) is 8.73. The molecular formula is C19H25Cl3N4O3. The quantitative estimate of drug-likeness (QED) is 0.666. The Kier molecular flexibility index (Phi) is 11.2. The second-order valence-corrected chi connectivity index (χ2v) is 6.78. The van der Waals surface area contributed by atoms with Crippen molar-refractivity contribution < 1.29 is 15.1 Å². The number of amides is 2. The Balaban J connectivity index is 0.00000261. The highest BCUT2D eigenvalue weighted by Gasteiger charge is 2.28. The van der Waals surface area contributed by atoms with E-state index < -0.39 is 0 Å². The van der Waals surface area contributed by atoms with Gasteiger partial charge in [-0.25, -0.2) is 0 Å². The van der Waals surface area contributed by atoms with Gasteiger partial charge in [0.05, 0.1) is 29.2 Å². The third kappa shape index (κ3) is 6.30. The van der Waals surface area contributed by atoms with E-state index in [9.17, 15) is 9.59 Å². The van der Waals surface area contributed by atoms with E-state index in [0.717, 1.165) is 6.54 Å². The molecular weight excluding hydrogens is 439 g/mol. The molecule has 0 unspecified atom stereocenters. The minimum absolute atomic E-state index is 0. The van der Waals surface area contributed by atoms with Crippen molar-refractivity contribution in [2.75, 3.05) is 43.9 Å². The van der Waals surface area contributed by atoms with Gasteiger partial charge in [0.2, 0.25) is 5.91 Å². The van der Waals surface area contributed by atoms with Crippen LogP contribution in [0.1, 0.15) is 10.4 Å². The predicted octanol–water partition coefficient (Wildman–Crippen LogP) is 2.74. The second-order valence-electron chi connectivity index (χ2n) is 6.34. The highest BCUT2D eigenvalue weighted by atomic mass is 35.5. The zero-order valence-electron chi connectivity index (χ0n) is 16.1. The van der Waals surface area contributed by atoms with E-state index in [1.807, 2.05) is 25.1 Å². The van der Waals surface area contributed by atoms with Crippen molar-refractivity contribution in [3.05, 3.63) is 53.1 Å². The van der Waals surface area contributed by atoms with E-state index in [2.05, 4.69) is 10.6 Å². The number of hydrogen-bond acceptors (Lipinski definition) is 4. The van der Waals surface area contributed by atoms with E-state index in [1.54, 1.807) is 41.3 Å². The number of para-hydroxylation sites is 1. The molecule has 2 amide bonds. The maximum atomic E-state index is 13.0. The molecule has 29 heavy (non-hydrogen) atoms. The molecule has 0 aromatic heterocycles. The van der Waals surface area contributed by atoms with E-state index in [-0.39, 0.29) is 48.6 Å². The van der Waals surface area contributed by atoms with Crippen LogP contribution in [0.3, 0.4) is 0 Å². The third-order valence-electron chi connectivity index (χ3n) is 4.10. The first-order chi connectivity index (χ1) is 12.5. The van der Waals surface area contributed by atoms with Gasteiger partial charge in [0, 0.05) is 18.1 Å². The number of likely N-dealkylation sites (N-methyl/N-ethyl adjacent to an activating group) is 1. The highest BCUT2D eigenvalue weighted by Crippen LogP contribution is 2.39. The molecule has 0 bridgehead atoms. The largest absolute Gasteiger partial charge is 0.412 e. The number of rotatable bonds is 5. The summed E-state index contributed by atoms with van der Waals surface area (Å²) in [7, 11) is 3.96. The van der Waals surface area contributed by atoms with Gasteiger partial charge in [-0.05, 0) is 44.4 Å². The van der Waals surface area contributed by atoms with Gasteiger partial charge >= 0.3 is 0 Å². The van der Waals surface area contributed by atoms with Crippen molar-refractivity contribution in [3.8, 4) is 0 Å². The first-order valence-electron chi connectivity index (χ1n) is 8.35. The van der Waals surface area contributed by atoms with Crippen LogP contribution in [-0.2, 0) is 4.79 Å². The molecule has 1 aliphatic heterocycles. The van der Waals surface area contributed by atoms with Crippen LogP contribution in [0.25, 0.3) is 0 Å². The fraction of sp³-hybridized carbons (Fsp3) is 0.263. The molecule has 0 saturated carbocycles. The monoisotopic (exact) mass is 462 g/mol. The van der Waals surface area contributed by atoms with Crippen molar-refractivity contribution in [2.24, 2.45) is 0 Å². The topological polar surface area (TPSA) is 96.2 Å². The molecule has 0 saturated heterocycles. The number of benzene rings is 2. The molecule has 3 rings (SSSR count). The average molecular weight is 464 g/mol. The summed E-state index contributed by atoms with van der Waals surface area (Å²) in [6.45, 7) is 1.69. The summed E-state index contributed by atoms with van der Waals surface area (Å²) >= 11 is 6.08. The lowest BCUT2D eigenvalue weighted by atomic mass is 10.1. The smallest absolute Gasteiger partial charge is 0.257 e. The molecule has 4 N–H and O–H groups in total. The van der Waals surface area contributed by atoms with Gasteiger partial charge in [-0.2, -0.15) is 0 Å². The van der Waals surface area contributed by atoms with Gasteiger partial charge in [-0.15, -0.1) is 24.8 Å². The molecule has 0 radical (unpaired) electrons. The minimum atomic E-state index is -0.264. The SMILES string of the molecule is CN(C)CCNCC(=O)N1c2ccc(Cl)cc2NC(=O)c2ccccc21.Cl.Cl.O. The molecule has 10 heteroatoms. The summed E-state index contributed by atoms with van der Waals surface area (Å²) in [5, 5.41) is 6.49. The normalized spacial score (nSPS) is 11.7. The summed E-state index contributed by atoms with van der Waals surface area (Å²) in [6, 6.07) is 12.2. The first kappa shape index (κ1) is 27.1. The van der Waals surface area contributed by atoms with Crippen LogP contribution in [0.2, 0.25) is 5.02 Å². The Morgan fingerprint density at radius 1 is 1.14 bits per heavy atom. The van der Waals surface area contributed by atoms with Crippen LogP contribution in [0, 0.1) is 0 Å². The number of fused-ring (bicyclic) bond motifs is 2. The Hall–Kier alpha value is -1.87. The molecule has 0 spiro atoms. The zero-order chi connectivity index (χ0) is 18.7. The van der Waals surface area contributed by atoms with Crippen LogP contribution in [0.15, 0.2) is 42.5 Å². The molecule has 0 fully saturated rings. The van der Waals surface area contributed by atoms with Crippen LogP contribution in [0.5, 0.6) is 0 Å². The number of carbonyl (C=O) groups excluding carboxylic acids is 2. The fourth-order valence-electron chi connectivity index (χ4n) is 2.83. The Morgan fingerprint density at radius 2 is 1.83 bits per heavy atom. The van der Waals surface area contributed by atoms with E-state index >= 15 is 0 Å². The molecule has 160 valence electrons. The van der Waals surface area contributed by atoms with E-state index in [0.29, 0.717) is 34.2 Å². The van der Waals surface area contributed by atoms with Gasteiger partial charge in [0.25, 0.3) is 5.91 Å². The van der Waals surface area contributed by atoms with Gasteiger partial charge in [0.1, 0.15) is 0 Å². The number of halogens is 3. The van der Waals surface area contributed by atoms with Crippen LogP contribution < -0.4 is 15.5 Å². The lowest BCUT2D eigenvalue weighted by Gasteiger charge is -2.24. The van der Waals surface area contributed by atoms with Gasteiger partial charge < -0.3 is 21.0 Å². The number of nitrogens with zero attached hydrogens (tertiary/aromatic N) is 2. The van der Waals surface area contributed by atoms with Crippen molar-refractivity contribution in [1.82, 2.24) is 10.2 Å². The Morgan fingerprint density at radius 3 is 2.52 bits per heavy atom. The average Bonchev–Trinajstić information content (AvgIpc) is 2.72. The molecule has 2 aromatic rings. The lowest BCUT2D eigenvalue weighted by molar-refractivity contribution is -0.117. The number of hydrogen-bond donors (Lipinski definition) is 2. The fourth-order valence-corrected chi connectivity index (χ4v) is 3.00. The van der Waals surface area contributed by atoms with Gasteiger partial charge in [0.15, 0.2) is 0 Å². The Bertz CT molecular complexity index is 849. The van der Waals surface area contributed by atoms with E-state index in [1.165, 1.54) is 0 Å². The van der Waals surface area contributed by atoms with Crippen molar-refractivity contribution in [2.45, 2.75) is 0 Å². The van der Waals surface area contributed by atoms with Crippen molar-refractivity contribution >= 4 is 65.3 Å². The van der Waals surface area contributed by atoms with Crippen LogP contribution in [-0.4, -0.2) is 55.9 Å². The molecule has 1 heterocycles. The summed E-state index contributed by atoms with van der Waals surface area (Å²) < 4.78 is 0. The zero-order valence-corrected chi connectivity index (χ0v) is 18.5. The summed E-state index contributed by atoms with van der Waals surface area (Å²) in [5.74, 6) is -0.406. The maximum absolute atomic E-state index is 13.0. The minimum Gasteiger partial charge on any atom is -0.412 e. The van der Waals surface area contributed by atoms with Gasteiger partial charge in [-0.1, -0.05) is 23.7 Å². The van der Waals surface area contributed by atoms with Crippen LogP contribution >= 0.6 is 36.4 Å². The number of nitrogens with one attached hydrogen (secondary N) is 2. The van der Waals surface area contributed by atoms with Crippen LogP contribution in [0.4, 0.5) is 17.1 Å².